The molecule has 1 aromatic heterocycles. The van der Waals surface area contributed by atoms with Crippen LogP contribution in [0, 0.1) is 3.95 Å². The number of rotatable bonds is 6. The summed E-state index contributed by atoms with van der Waals surface area (Å²) in [6, 6.07) is 5.92. The Bertz CT molecular complexity index is 564. The van der Waals surface area contributed by atoms with E-state index in [-0.39, 0.29) is 6.61 Å². The molecule has 0 fully saturated rings. The molecule has 0 aliphatic rings. The second-order valence-electron chi connectivity index (χ2n) is 4.05. The van der Waals surface area contributed by atoms with Gasteiger partial charge >= 0.3 is 0 Å². The van der Waals surface area contributed by atoms with Crippen molar-refractivity contribution in [3.8, 4) is 5.75 Å². The molecule has 0 unspecified atom stereocenters. The summed E-state index contributed by atoms with van der Waals surface area (Å²) >= 11 is 6.65. The van der Waals surface area contributed by atoms with Crippen molar-refractivity contribution < 1.29 is 9.84 Å². The fourth-order valence-corrected chi connectivity index (χ4v) is 2.76. The van der Waals surface area contributed by atoms with Gasteiger partial charge in [0.25, 0.3) is 0 Å². The molecule has 98 valence electrons. The minimum atomic E-state index is 0.176. The molecule has 1 heterocycles. The third kappa shape index (κ3) is 3.52. The normalized spacial score (nSPS) is 11.3. The number of nitrogens with zero attached hydrogens (tertiary/aromatic N) is 1. The lowest BCUT2D eigenvalue weighted by Crippen LogP contribution is -2.27. The summed E-state index contributed by atoms with van der Waals surface area (Å²) in [5, 5.41) is 8.78. The highest BCUT2D eigenvalue weighted by atomic mass is 32.1. The quantitative estimate of drug-likeness (QED) is 0.799. The van der Waals surface area contributed by atoms with Crippen LogP contribution in [0.15, 0.2) is 18.2 Å². The van der Waals surface area contributed by atoms with Crippen LogP contribution in [0.25, 0.3) is 10.2 Å². The van der Waals surface area contributed by atoms with Crippen LogP contribution in [0.1, 0.15) is 0 Å². The van der Waals surface area contributed by atoms with Crippen molar-refractivity contribution in [1.29, 1.82) is 0 Å². The SMILES string of the molecule is CN(CCO)CCOc1ccc2[nH]c(=S)sc2c1. The molecule has 4 nitrogen and oxygen atoms in total. The minimum absolute atomic E-state index is 0.176. The maximum Gasteiger partial charge on any atom is 0.159 e. The average molecular weight is 284 g/mol. The number of aromatic nitrogens is 1. The molecule has 0 aliphatic carbocycles. The van der Waals surface area contributed by atoms with E-state index < -0.39 is 0 Å². The van der Waals surface area contributed by atoms with Crippen LogP contribution >= 0.6 is 23.6 Å². The lowest BCUT2D eigenvalue weighted by Gasteiger charge is -2.15. The number of aromatic amines is 1. The second kappa shape index (κ2) is 6.29. The number of thiazole rings is 1. The summed E-state index contributed by atoms with van der Waals surface area (Å²) in [4.78, 5) is 5.15. The van der Waals surface area contributed by atoms with E-state index in [0.717, 1.165) is 26.5 Å². The van der Waals surface area contributed by atoms with Gasteiger partial charge in [0.15, 0.2) is 3.95 Å². The first-order valence-electron chi connectivity index (χ1n) is 5.74. The van der Waals surface area contributed by atoms with Gasteiger partial charge in [0.05, 0.1) is 16.8 Å². The zero-order valence-electron chi connectivity index (χ0n) is 10.2. The minimum Gasteiger partial charge on any atom is -0.492 e. The van der Waals surface area contributed by atoms with Crippen LogP contribution in [-0.4, -0.2) is 48.3 Å². The van der Waals surface area contributed by atoms with Gasteiger partial charge in [-0.2, -0.15) is 0 Å². The second-order valence-corrected chi connectivity index (χ2v) is 5.77. The molecule has 0 aliphatic heterocycles. The summed E-state index contributed by atoms with van der Waals surface area (Å²) in [5.74, 6) is 0.852. The van der Waals surface area contributed by atoms with Crippen molar-refractivity contribution in [1.82, 2.24) is 9.88 Å². The molecule has 18 heavy (non-hydrogen) atoms. The van der Waals surface area contributed by atoms with Gasteiger partial charge in [-0.1, -0.05) is 0 Å². The summed E-state index contributed by atoms with van der Waals surface area (Å²) in [5.41, 5.74) is 1.05. The van der Waals surface area contributed by atoms with E-state index in [9.17, 15) is 0 Å². The van der Waals surface area contributed by atoms with Gasteiger partial charge in [0, 0.05) is 13.1 Å². The Morgan fingerprint density at radius 1 is 1.44 bits per heavy atom. The highest BCUT2D eigenvalue weighted by Gasteiger charge is 2.01. The van der Waals surface area contributed by atoms with Gasteiger partial charge in [-0.05, 0) is 37.5 Å². The van der Waals surface area contributed by atoms with Crippen molar-refractivity contribution in [3.05, 3.63) is 22.2 Å². The monoisotopic (exact) mass is 284 g/mol. The summed E-state index contributed by atoms with van der Waals surface area (Å²) in [7, 11) is 1.96. The van der Waals surface area contributed by atoms with Gasteiger partial charge in [-0.25, -0.2) is 0 Å². The maximum atomic E-state index is 8.78. The highest BCUT2D eigenvalue weighted by molar-refractivity contribution is 7.73. The Balaban J connectivity index is 1.93. The molecule has 0 radical (unpaired) electrons. The summed E-state index contributed by atoms with van der Waals surface area (Å²) in [6.07, 6.45) is 0. The number of hydrogen-bond acceptors (Lipinski definition) is 5. The lowest BCUT2D eigenvalue weighted by molar-refractivity contribution is 0.192. The first-order valence-corrected chi connectivity index (χ1v) is 6.96. The Labute approximate surface area is 115 Å². The molecular formula is C12H16N2O2S2. The predicted molar refractivity (Wildman–Crippen MR) is 77.1 cm³/mol. The van der Waals surface area contributed by atoms with Gasteiger partial charge in [-0.15, -0.1) is 11.3 Å². The smallest absolute Gasteiger partial charge is 0.159 e. The van der Waals surface area contributed by atoms with Gasteiger partial charge < -0.3 is 19.7 Å². The van der Waals surface area contributed by atoms with Crippen molar-refractivity contribution in [2.24, 2.45) is 0 Å². The molecule has 0 atom stereocenters. The van der Waals surface area contributed by atoms with E-state index in [1.807, 2.05) is 30.1 Å². The van der Waals surface area contributed by atoms with Gasteiger partial charge in [0.1, 0.15) is 12.4 Å². The number of benzene rings is 1. The van der Waals surface area contributed by atoms with Crippen molar-refractivity contribution in [2.45, 2.75) is 0 Å². The third-order valence-corrected chi connectivity index (χ3v) is 3.81. The number of aliphatic hydroxyl groups excluding tert-OH is 1. The topological polar surface area (TPSA) is 48.5 Å². The third-order valence-electron chi connectivity index (χ3n) is 2.62. The Morgan fingerprint density at radius 3 is 3.06 bits per heavy atom. The molecule has 6 heteroatoms. The van der Waals surface area contributed by atoms with Crippen LogP contribution in [-0.2, 0) is 0 Å². The molecule has 2 aromatic rings. The van der Waals surface area contributed by atoms with E-state index in [0.29, 0.717) is 13.2 Å². The van der Waals surface area contributed by atoms with Crippen LogP contribution in [0.3, 0.4) is 0 Å². The zero-order valence-corrected chi connectivity index (χ0v) is 11.8. The van der Waals surface area contributed by atoms with Crippen LogP contribution in [0.2, 0.25) is 0 Å². The van der Waals surface area contributed by atoms with Gasteiger partial charge in [-0.3, -0.25) is 0 Å². The number of hydrogen-bond donors (Lipinski definition) is 2. The van der Waals surface area contributed by atoms with E-state index in [1.165, 1.54) is 0 Å². The summed E-state index contributed by atoms with van der Waals surface area (Å²) < 4.78 is 7.57. The van der Waals surface area contributed by atoms with E-state index in [4.69, 9.17) is 22.1 Å². The Hall–Kier alpha value is -0.950. The number of H-pyrrole nitrogens is 1. The highest BCUT2D eigenvalue weighted by Crippen LogP contribution is 2.24. The molecule has 0 amide bonds. The van der Waals surface area contributed by atoms with E-state index >= 15 is 0 Å². The first-order chi connectivity index (χ1) is 8.69. The zero-order chi connectivity index (χ0) is 13.0. The number of fused-ring (bicyclic) bond motifs is 1. The number of likely N-dealkylation sites (N-methyl/N-ethyl adjacent to an activating group) is 1. The largest absolute Gasteiger partial charge is 0.492 e. The average Bonchev–Trinajstić information content (AvgIpc) is 2.69. The Kier molecular flexibility index (Phi) is 4.71. The molecule has 0 saturated heterocycles. The standard InChI is InChI=1S/C12H16N2O2S2/c1-14(4-6-15)5-7-16-9-2-3-10-11(8-9)18-12(17)13-10/h2-3,8,15H,4-7H2,1H3,(H,13,17). The number of ether oxygens (including phenoxy) is 1. The van der Waals surface area contributed by atoms with Crippen molar-refractivity contribution in [2.75, 3.05) is 33.4 Å². The maximum absolute atomic E-state index is 8.78. The van der Waals surface area contributed by atoms with Crippen LogP contribution in [0.4, 0.5) is 0 Å². The molecule has 0 saturated carbocycles. The van der Waals surface area contributed by atoms with E-state index in [1.54, 1.807) is 11.3 Å². The Morgan fingerprint density at radius 2 is 2.28 bits per heavy atom. The molecule has 0 bridgehead atoms. The molecule has 1 aromatic carbocycles. The van der Waals surface area contributed by atoms with E-state index in [2.05, 4.69) is 4.98 Å². The molecular weight excluding hydrogens is 268 g/mol. The number of nitrogens with one attached hydrogen (secondary N) is 1. The fourth-order valence-electron chi connectivity index (χ4n) is 1.62. The van der Waals surface area contributed by atoms with Crippen molar-refractivity contribution in [3.63, 3.8) is 0 Å². The predicted octanol–water partition coefficient (Wildman–Crippen LogP) is 2.26. The fraction of sp³-hybridized carbons (Fsp3) is 0.417. The van der Waals surface area contributed by atoms with Gasteiger partial charge in [0.2, 0.25) is 0 Å². The van der Waals surface area contributed by atoms with Crippen LogP contribution < -0.4 is 4.74 Å². The molecule has 0 spiro atoms. The first kappa shape index (κ1) is 13.5. The van der Waals surface area contributed by atoms with Crippen LogP contribution in [0.5, 0.6) is 5.75 Å². The lowest BCUT2D eigenvalue weighted by atomic mass is 10.3. The van der Waals surface area contributed by atoms with Crippen molar-refractivity contribution >= 4 is 33.8 Å². The molecule has 2 N–H and O–H groups in total. The number of aliphatic hydroxyl groups is 1. The summed E-state index contributed by atoms with van der Waals surface area (Å²) in [6.45, 7) is 2.25. The molecule has 2 rings (SSSR count).